The Hall–Kier alpha value is -0.340. The molecule has 0 amide bonds. The summed E-state index contributed by atoms with van der Waals surface area (Å²) in [6, 6.07) is 4.34. The van der Waals surface area contributed by atoms with E-state index in [2.05, 4.69) is 38.6 Å². The van der Waals surface area contributed by atoms with Crippen LogP contribution >= 0.6 is 0 Å². The van der Waals surface area contributed by atoms with Gasteiger partial charge in [0.25, 0.3) is 0 Å². The van der Waals surface area contributed by atoms with Gasteiger partial charge in [0, 0.05) is 5.56 Å². The quantitative estimate of drug-likeness (QED) is 0.599. The monoisotopic (exact) mass is 229 g/mol. The molecule has 0 radical (unpaired) electrons. The van der Waals surface area contributed by atoms with E-state index < -0.39 is 0 Å². The van der Waals surface area contributed by atoms with Gasteiger partial charge in [-0.3, -0.25) is 0 Å². The molecule has 0 fully saturated rings. The van der Waals surface area contributed by atoms with Crippen molar-refractivity contribution in [2.75, 3.05) is 0 Å². The molecule has 0 aliphatic rings. The predicted octanol–water partition coefficient (Wildman–Crippen LogP) is -1.64. The molecule has 0 bridgehead atoms. The molecule has 2 heteroatoms. The lowest BCUT2D eigenvalue weighted by Gasteiger charge is -2.07. The zero-order valence-electron chi connectivity index (χ0n) is 7.95. The second-order valence-corrected chi connectivity index (χ2v) is 3.04. The van der Waals surface area contributed by atoms with Crippen LogP contribution in [0.3, 0.4) is 0 Å². The third-order valence-corrected chi connectivity index (χ3v) is 2.44. The smallest absolute Gasteiger partial charge is 0.0999 e. The first-order chi connectivity index (χ1) is 5.16. The van der Waals surface area contributed by atoms with Gasteiger partial charge in [-0.1, -0.05) is 12.1 Å². The Kier molecular flexibility index (Phi) is 4.50. The Morgan fingerprint density at radius 2 is 1.67 bits per heavy atom. The summed E-state index contributed by atoms with van der Waals surface area (Å²) in [7, 11) is 0. The lowest BCUT2D eigenvalue weighted by molar-refractivity contribution is -0.386. The number of hydrogen-bond acceptors (Lipinski definition) is 0. The van der Waals surface area contributed by atoms with Crippen LogP contribution < -0.4 is 22.7 Å². The molecule has 12 heavy (non-hydrogen) atoms. The molecule has 1 aromatic rings. The SMILES string of the molecule is Cc1ccc(C[NH3+])c(C)c1C.[Br-]. The Morgan fingerprint density at radius 3 is 2.17 bits per heavy atom. The molecular formula is C10H16BrN. The highest BCUT2D eigenvalue weighted by molar-refractivity contribution is 5.38. The van der Waals surface area contributed by atoms with E-state index in [0.717, 1.165) is 6.54 Å². The standard InChI is InChI=1S/C10H15N.BrH/c1-7-4-5-10(6-11)9(3)8(7)2;/h4-5H,6,11H2,1-3H3;1H. The second-order valence-electron chi connectivity index (χ2n) is 3.04. The summed E-state index contributed by atoms with van der Waals surface area (Å²) >= 11 is 0. The number of quaternary nitrogens is 1. The van der Waals surface area contributed by atoms with Gasteiger partial charge in [-0.25, -0.2) is 0 Å². The molecule has 0 saturated carbocycles. The largest absolute Gasteiger partial charge is 1.00 e. The predicted molar refractivity (Wildman–Crippen MR) is 47.2 cm³/mol. The van der Waals surface area contributed by atoms with Crippen LogP contribution in [0.25, 0.3) is 0 Å². The third-order valence-electron chi connectivity index (χ3n) is 2.44. The van der Waals surface area contributed by atoms with E-state index in [1.807, 2.05) is 0 Å². The lowest BCUT2D eigenvalue weighted by Crippen LogP contribution is -3.00. The highest BCUT2D eigenvalue weighted by Gasteiger charge is 2.01. The van der Waals surface area contributed by atoms with Crippen molar-refractivity contribution in [3.05, 3.63) is 34.4 Å². The molecule has 1 aromatic carbocycles. The van der Waals surface area contributed by atoms with Gasteiger partial charge in [-0.05, 0) is 37.5 Å². The van der Waals surface area contributed by atoms with Crippen LogP contribution in [0.2, 0.25) is 0 Å². The fourth-order valence-electron chi connectivity index (χ4n) is 1.28. The first-order valence-corrected chi connectivity index (χ1v) is 4.01. The molecule has 0 heterocycles. The number of benzene rings is 1. The summed E-state index contributed by atoms with van der Waals surface area (Å²) in [6.07, 6.45) is 0. The molecule has 0 atom stereocenters. The molecule has 0 aliphatic carbocycles. The van der Waals surface area contributed by atoms with E-state index in [1.165, 1.54) is 22.3 Å². The fourth-order valence-corrected chi connectivity index (χ4v) is 1.28. The van der Waals surface area contributed by atoms with Crippen LogP contribution in [0, 0.1) is 20.8 Å². The van der Waals surface area contributed by atoms with E-state index >= 15 is 0 Å². The Bertz CT molecular complexity index is 269. The van der Waals surface area contributed by atoms with Crippen molar-refractivity contribution >= 4 is 0 Å². The van der Waals surface area contributed by atoms with Gasteiger partial charge in [0.15, 0.2) is 0 Å². The summed E-state index contributed by atoms with van der Waals surface area (Å²) in [5, 5.41) is 0. The topological polar surface area (TPSA) is 27.6 Å². The van der Waals surface area contributed by atoms with E-state index in [4.69, 9.17) is 0 Å². The summed E-state index contributed by atoms with van der Waals surface area (Å²) in [5.74, 6) is 0. The minimum atomic E-state index is 0. The Labute approximate surface area is 84.7 Å². The van der Waals surface area contributed by atoms with Crippen molar-refractivity contribution in [1.82, 2.24) is 0 Å². The molecule has 0 spiro atoms. The highest BCUT2D eigenvalue weighted by atomic mass is 79.9. The molecule has 0 aliphatic heterocycles. The Balaban J connectivity index is 0.00000121. The molecule has 1 nitrogen and oxygen atoms in total. The van der Waals surface area contributed by atoms with Crippen LogP contribution in [0.4, 0.5) is 0 Å². The average molecular weight is 230 g/mol. The van der Waals surface area contributed by atoms with Crippen molar-refractivity contribution < 1.29 is 22.7 Å². The van der Waals surface area contributed by atoms with Crippen molar-refractivity contribution in [2.24, 2.45) is 0 Å². The first-order valence-electron chi connectivity index (χ1n) is 4.01. The fraction of sp³-hybridized carbons (Fsp3) is 0.400. The lowest BCUT2D eigenvalue weighted by atomic mass is 9.99. The van der Waals surface area contributed by atoms with Crippen LogP contribution in [0.1, 0.15) is 22.3 Å². The minimum absolute atomic E-state index is 0. The van der Waals surface area contributed by atoms with E-state index in [0.29, 0.717) is 0 Å². The van der Waals surface area contributed by atoms with Crippen LogP contribution in [0.15, 0.2) is 12.1 Å². The molecule has 0 unspecified atom stereocenters. The van der Waals surface area contributed by atoms with Gasteiger partial charge in [-0.2, -0.15) is 0 Å². The van der Waals surface area contributed by atoms with Crippen molar-refractivity contribution in [2.45, 2.75) is 27.3 Å². The van der Waals surface area contributed by atoms with Crippen molar-refractivity contribution in [1.29, 1.82) is 0 Å². The molecule has 0 saturated heterocycles. The number of rotatable bonds is 1. The summed E-state index contributed by atoms with van der Waals surface area (Å²) in [5.41, 5.74) is 9.44. The maximum absolute atomic E-state index is 3.89. The van der Waals surface area contributed by atoms with Crippen molar-refractivity contribution in [3.63, 3.8) is 0 Å². The normalized spacial score (nSPS) is 9.33. The second kappa shape index (κ2) is 4.63. The van der Waals surface area contributed by atoms with E-state index in [-0.39, 0.29) is 17.0 Å². The van der Waals surface area contributed by atoms with E-state index in [9.17, 15) is 0 Å². The summed E-state index contributed by atoms with van der Waals surface area (Å²) < 4.78 is 0. The number of aryl methyl sites for hydroxylation is 1. The highest BCUT2D eigenvalue weighted by Crippen LogP contribution is 2.15. The van der Waals surface area contributed by atoms with Gasteiger partial charge in [-0.15, -0.1) is 0 Å². The maximum atomic E-state index is 3.89. The maximum Gasteiger partial charge on any atom is 0.0999 e. The zero-order valence-corrected chi connectivity index (χ0v) is 9.53. The minimum Gasteiger partial charge on any atom is -1.00 e. The number of halogens is 1. The van der Waals surface area contributed by atoms with Gasteiger partial charge in [0.2, 0.25) is 0 Å². The Morgan fingerprint density at radius 1 is 1.08 bits per heavy atom. The molecule has 68 valence electrons. The van der Waals surface area contributed by atoms with Gasteiger partial charge in [0.05, 0.1) is 6.54 Å². The molecule has 3 N–H and O–H groups in total. The first kappa shape index (κ1) is 11.7. The third kappa shape index (κ3) is 2.08. The van der Waals surface area contributed by atoms with Gasteiger partial charge < -0.3 is 22.7 Å². The van der Waals surface area contributed by atoms with E-state index in [1.54, 1.807) is 0 Å². The van der Waals surface area contributed by atoms with Gasteiger partial charge in [0.1, 0.15) is 0 Å². The van der Waals surface area contributed by atoms with Gasteiger partial charge >= 0.3 is 0 Å². The van der Waals surface area contributed by atoms with Crippen LogP contribution in [0.5, 0.6) is 0 Å². The summed E-state index contributed by atoms with van der Waals surface area (Å²) in [4.78, 5) is 0. The molecule has 1 rings (SSSR count). The molecular weight excluding hydrogens is 214 g/mol. The number of hydrogen-bond donors (Lipinski definition) is 1. The van der Waals surface area contributed by atoms with Crippen LogP contribution in [-0.4, -0.2) is 0 Å². The molecule has 0 aromatic heterocycles. The van der Waals surface area contributed by atoms with Crippen LogP contribution in [-0.2, 0) is 6.54 Å². The summed E-state index contributed by atoms with van der Waals surface area (Å²) in [6.45, 7) is 7.38. The van der Waals surface area contributed by atoms with Crippen molar-refractivity contribution in [3.8, 4) is 0 Å². The average Bonchev–Trinajstić information content (AvgIpc) is 2.01. The zero-order chi connectivity index (χ0) is 8.43.